The number of aryl methyl sites for hydroxylation is 1. The van der Waals surface area contributed by atoms with Crippen LogP contribution in [0.25, 0.3) is 11.1 Å². The molecule has 106 valence electrons. The lowest BCUT2D eigenvalue weighted by molar-refractivity contribution is 0.415. The molecule has 0 unspecified atom stereocenters. The Morgan fingerprint density at radius 1 is 1.10 bits per heavy atom. The molecule has 0 aliphatic carbocycles. The fourth-order valence-electron chi connectivity index (χ4n) is 2.25. The molecule has 0 saturated carbocycles. The third kappa shape index (κ3) is 3.17. The second-order valence-electron chi connectivity index (χ2n) is 4.79. The highest BCUT2D eigenvalue weighted by Gasteiger charge is 2.11. The summed E-state index contributed by atoms with van der Waals surface area (Å²) in [6, 6.07) is 10.8. The van der Waals surface area contributed by atoms with Gasteiger partial charge in [0.05, 0.1) is 7.11 Å². The van der Waals surface area contributed by atoms with E-state index in [-0.39, 0.29) is 5.82 Å². The number of ether oxygens (including phenoxy) is 1. The van der Waals surface area contributed by atoms with Gasteiger partial charge in [-0.05, 0) is 42.8 Å². The monoisotopic (exact) mass is 273 g/mol. The van der Waals surface area contributed by atoms with Gasteiger partial charge in [0.2, 0.25) is 0 Å². The van der Waals surface area contributed by atoms with Gasteiger partial charge >= 0.3 is 0 Å². The fraction of sp³-hybridized carbons (Fsp3) is 0.294. The van der Waals surface area contributed by atoms with Gasteiger partial charge in [-0.2, -0.15) is 0 Å². The molecule has 0 radical (unpaired) electrons. The first kappa shape index (κ1) is 14.5. The van der Waals surface area contributed by atoms with Crippen molar-refractivity contribution >= 4 is 0 Å². The van der Waals surface area contributed by atoms with Crippen molar-refractivity contribution in [3.63, 3.8) is 0 Å². The van der Waals surface area contributed by atoms with Crippen LogP contribution >= 0.6 is 0 Å². The lowest BCUT2D eigenvalue weighted by Gasteiger charge is -2.14. The van der Waals surface area contributed by atoms with Crippen LogP contribution in [-0.4, -0.2) is 13.7 Å². The molecule has 2 aromatic rings. The minimum absolute atomic E-state index is 0.253. The molecule has 0 atom stereocenters. The summed E-state index contributed by atoms with van der Waals surface area (Å²) in [7, 11) is 1.61. The number of benzene rings is 2. The summed E-state index contributed by atoms with van der Waals surface area (Å²) >= 11 is 0. The summed E-state index contributed by atoms with van der Waals surface area (Å²) in [5, 5.41) is 3.31. The minimum Gasteiger partial charge on any atom is -0.496 e. The van der Waals surface area contributed by atoms with Crippen molar-refractivity contribution in [2.45, 2.75) is 20.4 Å². The maximum absolute atomic E-state index is 13.6. The van der Waals surface area contributed by atoms with Gasteiger partial charge < -0.3 is 10.1 Å². The molecule has 0 spiro atoms. The van der Waals surface area contributed by atoms with Crippen LogP contribution in [0.4, 0.5) is 4.39 Å². The number of hydrogen-bond donors (Lipinski definition) is 1. The van der Waals surface area contributed by atoms with E-state index in [1.165, 1.54) is 12.1 Å². The van der Waals surface area contributed by atoms with Crippen LogP contribution in [-0.2, 0) is 6.54 Å². The Morgan fingerprint density at radius 3 is 2.60 bits per heavy atom. The molecule has 20 heavy (non-hydrogen) atoms. The predicted octanol–water partition coefficient (Wildman–Crippen LogP) is 3.92. The third-order valence-electron chi connectivity index (χ3n) is 3.28. The zero-order valence-electron chi connectivity index (χ0n) is 12.2. The Hall–Kier alpha value is -1.87. The summed E-state index contributed by atoms with van der Waals surface area (Å²) in [5.74, 6) is 0.437. The predicted molar refractivity (Wildman–Crippen MR) is 80.5 cm³/mol. The van der Waals surface area contributed by atoms with Crippen LogP contribution in [0.3, 0.4) is 0 Å². The minimum atomic E-state index is -0.253. The molecule has 3 heteroatoms. The number of halogens is 1. The molecular weight excluding hydrogens is 253 g/mol. The highest BCUT2D eigenvalue weighted by molar-refractivity contribution is 5.74. The quantitative estimate of drug-likeness (QED) is 0.891. The first-order valence-electron chi connectivity index (χ1n) is 6.80. The molecule has 0 fully saturated rings. The van der Waals surface area contributed by atoms with Crippen LogP contribution in [0.5, 0.6) is 5.75 Å². The summed E-state index contributed by atoms with van der Waals surface area (Å²) in [6.45, 7) is 5.75. The Morgan fingerprint density at radius 2 is 1.90 bits per heavy atom. The van der Waals surface area contributed by atoms with Crippen molar-refractivity contribution in [2.24, 2.45) is 0 Å². The molecule has 0 aliphatic rings. The molecule has 0 aromatic heterocycles. The van der Waals surface area contributed by atoms with Gasteiger partial charge in [-0.1, -0.05) is 30.7 Å². The van der Waals surface area contributed by atoms with Gasteiger partial charge in [0.1, 0.15) is 11.6 Å². The second kappa shape index (κ2) is 6.53. The van der Waals surface area contributed by atoms with E-state index < -0.39 is 0 Å². The first-order chi connectivity index (χ1) is 9.65. The van der Waals surface area contributed by atoms with Crippen molar-refractivity contribution in [1.82, 2.24) is 5.32 Å². The maximum Gasteiger partial charge on any atom is 0.126 e. The number of methoxy groups -OCH3 is 1. The van der Waals surface area contributed by atoms with Crippen LogP contribution in [0.2, 0.25) is 0 Å². The average molecular weight is 273 g/mol. The number of nitrogens with one attached hydrogen (secondary N) is 1. The van der Waals surface area contributed by atoms with Crippen molar-refractivity contribution in [2.75, 3.05) is 13.7 Å². The van der Waals surface area contributed by atoms with Gasteiger partial charge in [0, 0.05) is 12.1 Å². The fourth-order valence-corrected chi connectivity index (χ4v) is 2.25. The first-order valence-corrected chi connectivity index (χ1v) is 6.80. The Bertz CT molecular complexity index is 596. The molecular formula is C17H20FNO. The lowest BCUT2D eigenvalue weighted by Crippen LogP contribution is -2.12. The van der Waals surface area contributed by atoms with E-state index in [4.69, 9.17) is 4.74 Å². The van der Waals surface area contributed by atoms with Crippen LogP contribution in [0, 0.1) is 12.7 Å². The van der Waals surface area contributed by atoms with E-state index in [1.807, 2.05) is 6.92 Å². The zero-order chi connectivity index (χ0) is 14.5. The summed E-state index contributed by atoms with van der Waals surface area (Å²) in [4.78, 5) is 0. The van der Waals surface area contributed by atoms with Crippen molar-refractivity contribution in [1.29, 1.82) is 0 Å². The average Bonchev–Trinajstić information content (AvgIpc) is 2.46. The van der Waals surface area contributed by atoms with E-state index in [9.17, 15) is 4.39 Å². The Labute approximate surface area is 119 Å². The molecule has 0 aliphatic heterocycles. The summed E-state index contributed by atoms with van der Waals surface area (Å²) in [6.07, 6.45) is 0. The van der Waals surface area contributed by atoms with E-state index in [0.29, 0.717) is 5.75 Å². The molecule has 0 amide bonds. The van der Waals surface area contributed by atoms with Gasteiger partial charge in [-0.25, -0.2) is 4.39 Å². The molecule has 0 heterocycles. The van der Waals surface area contributed by atoms with Gasteiger partial charge in [0.25, 0.3) is 0 Å². The standard InChI is InChI=1S/C17H20FNO/c1-4-19-11-13-6-5-12(2)9-15(13)16-10-14(18)7-8-17(16)20-3/h5-10,19H,4,11H2,1-3H3. The van der Waals surface area contributed by atoms with Crippen LogP contribution in [0.1, 0.15) is 18.1 Å². The zero-order valence-corrected chi connectivity index (χ0v) is 12.2. The molecule has 1 N–H and O–H groups in total. The molecule has 2 rings (SSSR count). The van der Waals surface area contributed by atoms with Crippen molar-refractivity contribution in [3.8, 4) is 16.9 Å². The van der Waals surface area contributed by atoms with E-state index in [2.05, 4.69) is 30.4 Å². The molecule has 2 nitrogen and oxygen atoms in total. The normalized spacial score (nSPS) is 10.6. The summed E-state index contributed by atoms with van der Waals surface area (Å²) < 4.78 is 18.9. The van der Waals surface area contributed by atoms with Gasteiger partial charge in [0.15, 0.2) is 0 Å². The Kier molecular flexibility index (Phi) is 4.74. The lowest BCUT2D eigenvalue weighted by atomic mass is 9.96. The SMILES string of the molecule is CCNCc1ccc(C)cc1-c1cc(F)ccc1OC. The highest BCUT2D eigenvalue weighted by Crippen LogP contribution is 2.33. The van der Waals surface area contributed by atoms with E-state index in [0.717, 1.165) is 35.3 Å². The summed E-state index contributed by atoms with van der Waals surface area (Å²) in [5.41, 5.74) is 4.10. The smallest absolute Gasteiger partial charge is 0.126 e. The van der Waals surface area contributed by atoms with E-state index in [1.54, 1.807) is 13.2 Å². The largest absolute Gasteiger partial charge is 0.496 e. The third-order valence-corrected chi connectivity index (χ3v) is 3.28. The molecule has 0 saturated heterocycles. The van der Waals surface area contributed by atoms with Crippen molar-refractivity contribution < 1.29 is 9.13 Å². The van der Waals surface area contributed by atoms with Crippen LogP contribution in [0.15, 0.2) is 36.4 Å². The Balaban J connectivity index is 2.55. The topological polar surface area (TPSA) is 21.3 Å². The molecule has 2 aromatic carbocycles. The highest BCUT2D eigenvalue weighted by atomic mass is 19.1. The second-order valence-corrected chi connectivity index (χ2v) is 4.79. The van der Waals surface area contributed by atoms with Gasteiger partial charge in [-0.15, -0.1) is 0 Å². The molecule has 0 bridgehead atoms. The van der Waals surface area contributed by atoms with Crippen LogP contribution < -0.4 is 10.1 Å². The van der Waals surface area contributed by atoms with E-state index >= 15 is 0 Å². The van der Waals surface area contributed by atoms with Gasteiger partial charge in [-0.3, -0.25) is 0 Å². The number of rotatable bonds is 5. The van der Waals surface area contributed by atoms with Crippen molar-refractivity contribution in [3.05, 3.63) is 53.3 Å². The number of hydrogen-bond acceptors (Lipinski definition) is 2. The maximum atomic E-state index is 13.6.